The SMILES string of the molecule is Cc1cc(-c2c(C)cccc2C)c2ccc(OC(C)C(=O)N3CCC[C@H](CC(=O)O)C3)cc2n1. The number of benzene rings is 2. The van der Waals surface area contributed by atoms with Crippen LogP contribution in [-0.2, 0) is 9.59 Å². The second-order valence-electron chi connectivity index (χ2n) is 9.41. The lowest BCUT2D eigenvalue weighted by molar-refractivity contribution is -0.143. The average Bonchev–Trinajstić information content (AvgIpc) is 2.77. The number of aryl methyl sites for hydroxylation is 3. The Morgan fingerprint density at radius 2 is 1.88 bits per heavy atom. The Hall–Kier alpha value is -3.41. The van der Waals surface area contributed by atoms with Gasteiger partial charge in [0, 0.05) is 36.7 Å². The van der Waals surface area contributed by atoms with Crippen molar-refractivity contribution < 1.29 is 19.4 Å². The number of carbonyl (C=O) groups is 2. The summed E-state index contributed by atoms with van der Waals surface area (Å²) in [7, 11) is 0. The quantitative estimate of drug-likeness (QED) is 0.539. The second kappa shape index (κ2) is 9.84. The van der Waals surface area contributed by atoms with Crippen LogP contribution in [0.15, 0.2) is 42.5 Å². The molecule has 1 N–H and O–H groups in total. The lowest BCUT2D eigenvalue weighted by Crippen LogP contribution is -2.46. The van der Waals surface area contributed by atoms with Gasteiger partial charge in [-0.25, -0.2) is 0 Å². The maximum atomic E-state index is 13.0. The summed E-state index contributed by atoms with van der Waals surface area (Å²) in [4.78, 5) is 30.5. The standard InChI is InChI=1S/C28H32N2O4/c1-17-7-5-8-18(2)27(17)24-13-19(3)29-25-15-22(10-11-23(24)25)34-20(4)28(33)30-12-6-9-21(16-30)14-26(31)32/h5,7-8,10-11,13,15,20-21H,6,9,12,14,16H2,1-4H3,(H,31,32)/t20?,21-/m1/s1. The van der Waals surface area contributed by atoms with E-state index in [-0.39, 0.29) is 18.2 Å². The number of piperidine rings is 1. The van der Waals surface area contributed by atoms with Gasteiger partial charge in [-0.3, -0.25) is 14.6 Å². The van der Waals surface area contributed by atoms with E-state index in [0.717, 1.165) is 35.0 Å². The van der Waals surface area contributed by atoms with E-state index in [4.69, 9.17) is 14.8 Å². The van der Waals surface area contributed by atoms with E-state index >= 15 is 0 Å². The van der Waals surface area contributed by atoms with Gasteiger partial charge in [0.2, 0.25) is 0 Å². The lowest BCUT2D eigenvalue weighted by Gasteiger charge is -2.33. The van der Waals surface area contributed by atoms with Gasteiger partial charge in [-0.1, -0.05) is 18.2 Å². The molecule has 1 unspecified atom stereocenters. The highest BCUT2D eigenvalue weighted by Crippen LogP contribution is 2.35. The Labute approximate surface area is 200 Å². The van der Waals surface area contributed by atoms with Crippen molar-refractivity contribution in [2.45, 2.75) is 53.1 Å². The summed E-state index contributed by atoms with van der Waals surface area (Å²) in [5.74, 6) is -0.331. The van der Waals surface area contributed by atoms with Crippen LogP contribution in [0.4, 0.5) is 0 Å². The number of aliphatic carboxylic acids is 1. The summed E-state index contributed by atoms with van der Waals surface area (Å²) in [5, 5.41) is 10.1. The van der Waals surface area contributed by atoms with Crippen molar-refractivity contribution in [2.24, 2.45) is 5.92 Å². The average molecular weight is 461 g/mol. The molecule has 2 heterocycles. The lowest BCUT2D eigenvalue weighted by atomic mass is 9.93. The third-order valence-electron chi connectivity index (χ3n) is 6.61. The predicted octanol–water partition coefficient (Wildman–Crippen LogP) is 5.31. The van der Waals surface area contributed by atoms with Gasteiger partial charge in [0.15, 0.2) is 6.10 Å². The second-order valence-corrected chi connectivity index (χ2v) is 9.41. The molecule has 3 aromatic rings. The van der Waals surface area contributed by atoms with E-state index in [0.29, 0.717) is 18.8 Å². The van der Waals surface area contributed by atoms with Crippen LogP contribution in [0, 0.1) is 26.7 Å². The predicted molar refractivity (Wildman–Crippen MR) is 133 cm³/mol. The summed E-state index contributed by atoms with van der Waals surface area (Å²) in [6, 6.07) is 14.2. The van der Waals surface area contributed by atoms with Crippen molar-refractivity contribution in [3.8, 4) is 16.9 Å². The molecule has 1 aromatic heterocycles. The first-order valence-electron chi connectivity index (χ1n) is 11.9. The molecular weight excluding hydrogens is 428 g/mol. The van der Waals surface area contributed by atoms with Gasteiger partial charge in [0.05, 0.1) is 5.52 Å². The van der Waals surface area contributed by atoms with Crippen LogP contribution in [0.3, 0.4) is 0 Å². The Kier molecular flexibility index (Phi) is 6.87. The number of likely N-dealkylation sites (tertiary alicyclic amines) is 1. The molecule has 2 atom stereocenters. The van der Waals surface area contributed by atoms with E-state index in [1.54, 1.807) is 11.8 Å². The molecular formula is C28H32N2O4. The minimum atomic E-state index is -0.817. The minimum absolute atomic E-state index is 0.00133. The number of ether oxygens (including phenoxy) is 1. The molecule has 1 amide bonds. The number of hydrogen-bond donors (Lipinski definition) is 1. The molecule has 1 aliphatic rings. The number of carboxylic acids is 1. The van der Waals surface area contributed by atoms with Crippen molar-refractivity contribution in [1.82, 2.24) is 9.88 Å². The minimum Gasteiger partial charge on any atom is -0.481 e. The fourth-order valence-electron chi connectivity index (χ4n) is 5.05. The number of amides is 1. The highest BCUT2D eigenvalue weighted by atomic mass is 16.5. The number of pyridine rings is 1. The van der Waals surface area contributed by atoms with E-state index in [9.17, 15) is 9.59 Å². The summed E-state index contributed by atoms with van der Waals surface area (Å²) in [5.41, 5.74) is 6.55. The largest absolute Gasteiger partial charge is 0.481 e. The molecule has 178 valence electrons. The van der Waals surface area contributed by atoms with Gasteiger partial charge in [-0.05, 0) is 86.9 Å². The number of carbonyl (C=O) groups excluding carboxylic acids is 1. The third kappa shape index (κ3) is 5.06. The molecule has 4 rings (SSSR count). The number of aromatic nitrogens is 1. The maximum absolute atomic E-state index is 13.0. The molecule has 2 aromatic carbocycles. The van der Waals surface area contributed by atoms with E-state index in [2.05, 4.69) is 38.1 Å². The van der Waals surface area contributed by atoms with Crippen LogP contribution in [0.5, 0.6) is 5.75 Å². The van der Waals surface area contributed by atoms with Crippen molar-refractivity contribution >= 4 is 22.8 Å². The van der Waals surface area contributed by atoms with Crippen LogP contribution < -0.4 is 4.74 Å². The topological polar surface area (TPSA) is 79.7 Å². The molecule has 1 fully saturated rings. The van der Waals surface area contributed by atoms with Crippen molar-refractivity contribution in [3.05, 3.63) is 59.3 Å². The molecule has 6 nitrogen and oxygen atoms in total. The highest BCUT2D eigenvalue weighted by Gasteiger charge is 2.29. The van der Waals surface area contributed by atoms with Gasteiger partial charge in [-0.2, -0.15) is 0 Å². The van der Waals surface area contributed by atoms with Crippen LogP contribution in [-0.4, -0.2) is 46.1 Å². The normalized spacial score (nSPS) is 16.9. The van der Waals surface area contributed by atoms with Gasteiger partial charge in [0.1, 0.15) is 5.75 Å². The summed E-state index contributed by atoms with van der Waals surface area (Å²) in [6.45, 7) is 9.09. The number of fused-ring (bicyclic) bond motifs is 1. The zero-order valence-electron chi connectivity index (χ0n) is 20.3. The Morgan fingerprint density at radius 3 is 2.59 bits per heavy atom. The van der Waals surface area contributed by atoms with Crippen molar-refractivity contribution in [2.75, 3.05) is 13.1 Å². The van der Waals surface area contributed by atoms with Crippen molar-refractivity contribution in [1.29, 1.82) is 0 Å². The summed E-state index contributed by atoms with van der Waals surface area (Å²) >= 11 is 0. The molecule has 6 heteroatoms. The maximum Gasteiger partial charge on any atom is 0.303 e. The molecule has 34 heavy (non-hydrogen) atoms. The zero-order valence-corrected chi connectivity index (χ0v) is 20.3. The van der Waals surface area contributed by atoms with Gasteiger partial charge in [-0.15, -0.1) is 0 Å². The Morgan fingerprint density at radius 1 is 1.15 bits per heavy atom. The number of rotatable bonds is 6. The van der Waals surface area contributed by atoms with Crippen molar-refractivity contribution in [3.63, 3.8) is 0 Å². The van der Waals surface area contributed by atoms with Gasteiger partial charge < -0.3 is 14.7 Å². The monoisotopic (exact) mass is 460 g/mol. The van der Waals surface area contributed by atoms with Crippen LogP contribution in [0.25, 0.3) is 22.0 Å². The first-order chi connectivity index (χ1) is 16.2. The molecule has 1 aliphatic heterocycles. The smallest absolute Gasteiger partial charge is 0.303 e. The third-order valence-corrected chi connectivity index (χ3v) is 6.61. The fraction of sp³-hybridized carbons (Fsp3) is 0.393. The van der Waals surface area contributed by atoms with E-state index < -0.39 is 12.1 Å². The number of hydrogen-bond acceptors (Lipinski definition) is 4. The molecule has 0 bridgehead atoms. The molecule has 0 spiro atoms. The van der Waals surface area contributed by atoms with Crippen LogP contribution in [0.1, 0.15) is 43.0 Å². The number of nitrogens with zero attached hydrogens (tertiary/aromatic N) is 2. The fourth-order valence-corrected chi connectivity index (χ4v) is 5.05. The van der Waals surface area contributed by atoms with E-state index in [1.165, 1.54) is 16.7 Å². The molecule has 1 saturated heterocycles. The first-order valence-corrected chi connectivity index (χ1v) is 11.9. The number of carboxylic acid groups (broad SMARTS) is 1. The first kappa shape index (κ1) is 23.7. The molecule has 0 aliphatic carbocycles. The van der Waals surface area contributed by atoms with Gasteiger partial charge >= 0.3 is 5.97 Å². The summed E-state index contributed by atoms with van der Waals surface area (Å²) < 4.78 is 6.04. The Balaban J connectivity index is 1.56. The zero-order chi connectivity index (χ0) is 24.4. The van der Waals surface area contributed by atoms with Gasteiger partial charge in [0.25, 0.3) is 5.91 Å². The molecule has 0 radical (unpaired) electrons. The van der Waals surface area contributed by atoms with Crippen LogP contribution in [0.2, 0.25) is 0 Å². The Bertz CT molecular complexity index is 1220. The van der Waals surface area contributed by atoms with E-state index in [1.807, 2.05) is 25.1 Å². The molecule has 0 saturated carbocycles. The van der Waals surface area contributed by atoms with Crippen LogP contribution >= 0.6 is 0 Å². The summed E-state index contributed by atoms with van der Waals surface area (Å²) in [6.07, 6.45) is 1.08. The highest BCUT2D eigenvalue weighted by molar-refractivity contribution is 5.97.